The first kappa shape index (κ1) is 13.8. The summed E-state index contributed by atoms with van der Waals surface area (Å²) in [6, 6.07) is 6.59. The molecule has 1 atom stereocenters. The fourth-order valence-corrected chi connectivity index (χ4v) is 1.31. The van der Waals surface area contributed by atoms with Gasteiger partial charge in [0.25, 0.3) is 0 Å². The molecule has 18 heavy (non-hydrogen) atoms. The Morgan fingerprint density at radius 3 is 2.89 bits per heavy atom. The molecule has 6 heteroatoms. The smallest absolute Gasteiger partial charge is 0.319 e. The molecule has 0 bridgehead atoms. The molecule has 1 aromatic carbocycles. The van der Waals surface area contributed by atoms with E-state index in [0.717, 1.165) is 6.42 Å². The van der Waals surface area contributed by atoms with Crippen molar-refractivity contribution >= 4 is 17.6 Å². The van der Waals surface area contributed by atoms with Crippen LogP contribution in [0.3, 0.4) is 0 Å². The lowest BCUT2D eigenvalue weighted by Gasteiger charge is -2.12. The van der Waals surface area contributed by atoms with E-state index in [1.54, 1.807) is 24.3 Å². The average Bonchev–Trinajstić information content (AvgIpc) is 2.37. The molecule has 0 saturated heterocycles. The van der Waals surface area contributed by atoms with E-state index in [2.05, 4.69) is 15.8 Å². The van der Waals surface area contributed by atoms with Crippen LogP contribution in [0.25, 0.3) is 0 Å². The Kier molecular flexibility index (Phi) is 4.98. The SMILES string of the molecule is CC[C@H](C)NC(=O)Nc1cccc(/C(N)=N\O)c1. The number of oxime groups is 1. The zero-order valence-electron chi connectivity index (χ0n) is 10.5. The summed E-state index contributed by atoms with van der Waals surface area (Å²) >= 11 is 0. The van der Waals surface area contributed by atoms with Crippen LogP contribution in [0.4, 0.5) is 10.5 Å². The van der Waals surface area contributed by atoms with Gasteiger partial charge in [-0.05, 0) is 25.5 Å². The Balaban J connectivity index is 2.71. The van der Waals surface area contributed by atoms with Gasteiger partial charge in [0.1, 0.15) is 0 Å². The molecule has 0 heterocycles. The summed E-state index contributed by atoms with van der Waals surface area (Å²) in [6.07, 6.45) is 0.859. The Hall–Kier alpha value is -2.24. The molecule has 2 amide bonds. The number of nitrogens with two attached hydrogens (primary N) is 1. The van der Waals surface area contributed by atoms with Gasteiger partial charge in [-0.1, -0.05) is 24.2 Å². The minimum absolute atomic E-state index is 0.000911. The molecule has 0 aromatic heterocycles. The minimum atomic E-state index is -0.277. The predicted octanol–water partition coefficient (Wildman–Crippen LogP) is 1.70. The van der Waals surface area contributed by atoms with Crippen LogP contribution in [-0.2, 0) is 0 Å². The van der Waals surface area contributed by atoms with Crippen LogP contribution in [0, 0.1) is 0 Å². The lowest BCUT2D eigenvalue weighted by Crippen LogP contribution is -2.35. The van der Waals surface area contributed by atoms with Gasteiger partial charge in [-0.2, -0.15) is 0 Å². The zero-order valence-corrected chi connectivity index (χ0v) is 10.5. The molecule has 0 unspecified atom stereocenters. The van der Waals surface area contributed by atoms with Gasteiger partial charge in [-0.25, -0.2) is 4.79 Å². The molecule has 0 fully saturated rings. The van der Waals surface area contributed by atoms with E-state index in [9.17, 15) is 4.79 Å². The zero-order chi connectivity index (χ0) is 13.5. The maximum Gasteiger partial charge on any atom is 0.319 e. The fraction of sp³-hybridized carbons (Fsp3) is 0.333. The molecule has 0 spiro atoms. The summed E-state index contributed by atoms with van der Waals surface area (Å²) in [5.74, 6) is 0.000911. The Morgan fingerprint density at radius 1 is 1.56 bits per heavy atom. The highest BCUT2D eigenvalue weighted by Crippen LogP contribution is 2.10. The molecule has 1 aromatic rings. The highest BCUT2D eigenvalue weighted by molar-refractivity contribution is 5.99. The van der Waals surface area contributed by atoms with Gasteiger partial charge >= 0.3 is 6.03 Å². The number of anilines is 1. The van der Waals surface area contributed by atoms with E-state index < -0.39 is 0 Å². The first-order valence-electron chi connectivity index (χ1n) is 5.72. The Morgan fingerprint density at radius 2 is 2.28 bits per heavy atom. The second-order valence-corrected chi connectivity index (χ2v) is 3.97. The van der Waals surface area contributed by atoms with Crippen LogP contribution in [0.2, 0.25) is 0 Å². The van der Waals surface area contributed by atoms with Gasteiger partial charge in [0.05, 0.1) is 0 Å². The van der Waals surface area contributed by atoms with E-state index in [1.165, 1.54) is 0 Å². The van der Waals surface area contributed by atoms with Crippen molar-refractivity contribution in [3.05, 3.63) is 29.8 Å². The van der Waals surface area contributed by atoms with Crippen LogP contribution < -0.4 is 16.4 Å². The normalized spacial score (nSPS) is 12.9. The first-order valence-corrected chi connectivity index (χ1v) is 5.72. The second kappa shape index (κ2) is 6.48. The Bertz CT molecular complexity index is 445. The van der Waals surface area contributed by atoms with Crippen molar-refractivity contribution in [1.29, 1.82) is 0 Å². The van der Waals surface area contributed by atoms with Crippen LogP contribution >= 0.6 is 0 Å². The highest BCUT2D eigenvalue weighted by atomic mass is 16.4. The van der Waals surface area contributed by atoms with Crippen LogP contribution in [0.1, 0.15) is 25.8 Å². The third-order valence-corrected chi connectivity index (χ3v) is 2.51. The quantitative estimate of drug-likeness (QED) is 0.283. The number of hydrogen-bond donors (Lipinski definition) is 4. The van der Waals surface area contributed by atoms with E-state index >= 15 is 0 Å². The molecule has 98 valence electrons. The van der Waals surface area contributed by atoms with Gasteiger partial charge in [0, 0.05) is 17.3 Å². The van der Waals surface area contributed by atoms with Crippen molar-refractivity contribution in [2.75, 3.05) is 5.32 Å². The molecule has 0 radical (unpaired) electrons. The summed E-state index contributed by atoms with van der Waals surface area (Å²) in [7, 11) is 0. The molecule has 0 saturated carbocycles. The highest BCUT2D eigenvalue weighted by Gasteiger charge is 2.06. The number of benzene rings is 1. The number of carbonyl (C=O) groups is 1. The van der Waals surface area contributed by atoms with Crippen LogP contribution in [0.15, 0.2) is 29.4 Å². The number of carbonyl (C=O) groups excluding carboxylic acids is 1. The van der Waals surface area contributed by atoms with E-state index in [4.69, 9.17) is 10.9 Å². The summed E-state index contributed by atoms with van der Waals surface area (Å²) in [6.45, 7) is 3.91. The largest absolute Gasteiger partial charge is 0.409 e. The van der Waals surface area contributed by atoms with Crippen molar-refractivity contribution in [2.45, 2.75) is 26.3 Å². The Labute approximate surface area is 106 Å². The number of amides is 2. The molecule has 1 rings (SSSR count). The number of nitrogens with zero attached hydrogens (tertiary/aromatic N) is 1. The summed E-state index contributed by atoms with van der Waals surface area (Å²) in [5.41, 5.74) is 6.59. The topological polar surface area (TPSA) is 99.7 Å². The van der Waals surface area contributed by atoms with E-state index in [0.29, 0.717) is 11.3 Å². The predicted molar refractivity (Wildman–Crippen MR) is 70.9 cm³/mol. The van der Waals surface area contributed by atoms with Crippen molar-refractivity contribution in [2.24, 2.45) is 10.9 Å². The number of rotatable bonds is 4. The summed E-state index contributed by atoms with van der Waals surface area (Å²) < 4.78 is 0. The number of urea groups is 1. The monoisotopic (exact) mass is 250 g/mol. The van der Waals surface area contributed by atoms with Gasteiger partial charge in [-0.15, -0.1) is 0 Å². The number of hydrogen-bond acceptors (Lipinski definition) is 3. The maximum atomic E-state index is 11.6. The van der Waals surface area contributed by atoms with Crippen molar-refractivity contribution in [3.8, 4) is 0 Å². The van der Waals surface area contributed by atoms with E-state index in [-0.39, 0.29) is 17.9 Å². The maximum absolute atomic E-state index is 11.6. The van der Waals surface area contributed by atoms with Crippen LogP contribution in [-0.4, -0.2) is 23.1 Å². The molecule has 0 aliphatic carbocycles. The van der Waals surface area contributed by atoms with Gasteiger partial charge < -0.3 is 21.6 Å². The molecular weight excluding hydrogens is 232 g/mol. The van der Waals surface area contributed by atoms with E-state index in [1.807, 2.05) is 13.8 Å². The summed E-state index contributed by atoms with van der Waals surface area (Å²) in [5, 5.41) is 16.9. The lowest BCUT2D eigenvalue weighted by atomic mass is 10.2. The molecule has 6 nitrogen and oxygen atoms in total. The van der Waals surface area contributed by atoms with Crippen molar-refractivity contribution < 1.29 is 10.0 Å². The van der Waals surface area contributed by atoms with Gasteiger partial charge in [-0.3, -0.25) is 0 Å². The van der Waals surface area contributed by atoms with Gasteiger partial charge in [0.15, 0.2) is 5.84 Å². The molecule has 5 N–H and O–H groups in total. The van der Waals surface area contributed by atoms with Crippen molar-refractivity contribution in [1.82, 2.24) is 5.32 Å². The number of amidine groups is 1. The van der Waals surface area contributed by atoms with Crippen molar-refractivity contribution in [3.63, 3.8) is 0 Å². The average molecular weight is 250 g/mol. The molecular formula is C12H18N4O2. The van der Waals surface area contributed by atoms with Gasteiger partial charge in [0.2, 0.25) is 0 Å². The minimum Gasteiger partial charge on any atom is -0.409 e. The summed E-state index contributed by atoms with van der Waals surface area (Å²) in [4.78, 5) is 11.6. The lowest BCUT2D eigenvalue weighted by molar-refractivity contribution is 0.249. The number of nitrogens with one attached hydrogen (secondary N) is 2. The third-order valence-electron chi connectivity index (χ3n) is 2.51. The second-order valence-electron chi connectivity index (χ2n) is 3.97. The fourth-order valence-electron chi connectivity index (χ4n) is 1.31. The van der Waals surface area contributed by atoms with Crippen LogP contribution in [0.5, 0.6) is 0 Å². The standard InChI is InChI=1S/C12H18N4O2/c1-3-8(2)14-12(17)15-10-6-4-5-9(7-10)11(13)16-18/h4-8,18H,3H2,1-2H3,(H2,13,16)(H2,14,15,17)/t8-/m0/s1. The molecule has 0 aliphatic rings. The molecule has 0 aliphatic heterocycles. The first-order chi connectivity index (χ1) is 8.56. The third kappa shape index (κ3) is 3.97.